The maximum absolute atomic E-state index is 11.7. The highest BCUT2D eigenvalue weighted by Gasteiger charge is 2.19. The molecule has 1 amide bonds. The van der Waals surface area contributed by atoms with Gasteiger partial charge in [-0.05, 0) is 55.5 Å². The molecule has 0 spiro atoms. The van der Waals surface area contributed by atoms with Crippen LogP contribution in [-0.4, -0.2) is 10.9 Å². The summed E-state index contributed by atoms with van der Waals surface area (Å²) in [4.78, 5) is 16.2. The molecule has 21 heavy (non-hydrogen) atoms. The van der Waals surface area contributed by atoms with Gasteiger partial charge >= 0.3 is 0 Å². The van der Waals surface area contributed by atoms with Crippen molar-refractivity contribution in [3.8, 4) is 11.6 Å². The van der Waals surface area contributed by atoms with Gasteiger partial charge in [-0.1, -0.05) is 22.0 Å². The fourth-order valence-corrected chi connectivity index (χ4v) is 2.89. The van der Waals surface area contributed by atoms with E-state index in [1.165, 1.54) is 0 Å². The molecular formula is C16H15BrN2O2. The van der Waals surface area contributed by atoms with Crippen molar-refractivity contribution in [2.45, 2.75) is 25.7 Å². The van der Waals surface area contributed by atoms with Crippen molar-refractivity contribution < 1.29 is 9.53 Å². The van der Waals surface area contributed by atoms with E-state index in [0.29, 0.717) is 17.2 Å². The zero-order valence-electron chi connectivity index (χ0n) is 11.4. The van der Waals surface area contributed by atoms with Crippen molar-refractivity contribution in [2.24, 2.45) is 5.73 Å². The predicted octanol–water partition coefficient (Wildman–Crippen LogP) is 3.61. The van der Waals surface area contributed by atoms with Crippen LogP contribution in [0.1, 0.15) is 34.5 Å². The van der Waals surface area contributed by atoms with Crippen LogP contribution in [0.4, 0.5) is 0 Å². The molecule has 0 saturated carbocycles. The number of primary amides is 1. The smallest absolute Gasteiger partial charge is 0.254 e. The number of fused-ring (bicyclic) bond motifs is 1. The van der Waals surface area contributed by atoms with Crippen molar-refractivity contribution in [1.29, 1.82) is 0 Å². The highest BCUT2D eigenvalue weighted by molar-refractivity contribution is 9.10. The van der Waals surface area contributed by atoms with Crippen molar-refractivity contribution in [3.05, 3.63) is 51.6 Å². The summed E-state index contributed by atoms with van der Waals surface area (Å²) in [5.41, 5.74) is 7.92. The molecule has 4 nitrogen and oxygen atoms in total. The van der Waals surface area contributed by atoms with E-state index >= 15 is 0 Å². The third kappa shape index (κ3) is 3.08. The van der Waals surface area contributed by atoms with E-state index in [0.717, 1.165) is 41.4 Å². The van der Waals surface area contributed by atoms with Crippen LogP contribution in [0.3, 0.4) is 0 Å². The number of benzene rings is 1. The first-order valence-electron chi connectivity index (χ1n) is 6.89. The number of nitrogens with zero attached hydrogens (tertiary/aromatic N) is 1. The first kappa shape index (κ1) is 14.1. The van der Waals surface area contributed by atoms with Gasteiger partial charge in [-0.2, -0.15) is 0 Å². The first-order valence-corrected chi connectivity index (χ1v) is 7.69. The summed E-state index contributed by atoms with van der Waals surface area (Å²) in [6.45, 7) is 0. The van der Waals surface area contributed by atoms with Crippen molar-refractivity contribution >= 4 is 21.8 Å². The maximum Gasteiger partial charge on any atom is 0.254 e. The summed E-state index contributed by atoms with van der Waals surface area (Å²) in [5, 5.41) is 0. The molecular weight excluding hydrogens is 332 g/mol. The van der Waals surface area contributed by atoms with Crippen LogP contribution < -0.4 is 10.5 Å². The SMILES string of the molecule is NC(=O)c1cc2c(nc1Oc1cccc(Br)c1)CCCC2. The average molecular weight is 347 g/mol. The monoisotopic (exact) mass is 346 g/mol. The van der Waals surface area contributed by atoms with Crippen LogP contribution in [0.5, 0.6) is 11.6 Å². The lowest BCUT2D eigenvalue weighted by Gasteiger charge is -2.17. The Morgan fingerprint density at radius 3 is 2.81 bits per heavy atom. The van der Waals surface area contributed by atoms with Crippen LogP contribution >= 0.6 is 15.9 Å². The molecule has 1 aliphatic carbocycles. The summed E-state index contributed by atoms with van der Waals surface area (Å²) in [7, 11) is 0. The standard InChI is InChI=1S/C16H15BrN2O2/c17-11-5-3-6-12(9-11)21-16-13(15(18)20)8-10-4-1-2-7-14(10)19-16/h3,5-6,8-9H,1-2,4,7H2,(H2,18,20). The lowest BCUT2D eigenvalue weighted by Crippen LogP contribution is -2.16. The molecule has 0 atom stereocenters. The summed E-state index contributed by atoms with van der Waals surface area (Å²) >= 11 is 3.39. The number of hydrogen-bond acceptors (Lipinski definition) is 3. The normalized spacial score (nSPS) is 13.6. The average Bonchev–Trinajstić information content (AvgIpc) is 2.46. The number of rotatable bonds is 3. The van der Waals surface area contributed by atoms with Gasteiger partial charge < -0.3 is 10.5 Å². The first-order chi connectivity index (χ1) is 10.1. The molecule has 0 aliphatic heterocycles. The Hall–Kier alpha value is -1.88. The molecule has 5 heteroatoms. The number of halogens is 1. The second kappa shape index (κ2) is 5.85. The second-order valence-electron chi connectivity index (χ2n) is 5.08. The van der Waals surface area contributed by atoms with Crippen LogP contribution in [0.15, 0.2) is 34.8 Å². The van der Waals surface area contributed by atoms with Crippen molar-refractivity contribution in [1.82, 2.24) is 4.98 Å². The summed E-state index contributed by atoms with van der Waals surface area (Å²) in [5.74, 6) is 0.400. The molecule has 0 radical (unpaired) electrons. The van der Waals surface area contributed by atoms with E-state index in [1.807, 2.05) is 30.3 Å². The van der Waals surface area contributed by atoms with Crippen molar-refractivity contribution in [3.63, 3.8) is 0 Å². The van der Waals surface area contributed by atoms with Crippen LogP contribution in [0.2, 0.25) is 0 Å². The van der Waals surface area contributed by atoms with Crippen LogP contribution in [0.25, 0.3) is 0 Å². The third-order valence-corrected chi connectivity index (χ3v) is 4.04. The van der Waals surface area contributed by atoms with Gasteiger partial charge in [-0.15, -0.1) is 0 Å². The Bertz CT molecular complexity index is 701. The molecule has 1 aromatic carbocycles. The summed E-state index contributed by atoms with van der Waals surface area (Å²) < 4.78 is 6.68. The van der Waals surface area contributed by atoms with Gasteiger partial charge in [-0.25, -0.2) is 4.98 Å². The molecule has 0 fully saturated rings. The number of carbonyl (C=O) groups excluding carboxylic acids is 1. The molecule has 1 aromatic heterocycles. The Morgan fingerprint density at radius 2 is 2.05 bits per heavy atom. The van der Waals surface area contributed by atoms with Gasteiger partial charge in [-0.3, -0.25) is 4.79 Å². The van der Waals surface area contributed by atoms with Gasteiger partial charge in [0.2, 0.25) is 5.88 Å². The van der Waals surface area contributed by atoms with Gasteiger partial charge in [0, 0.05) is 10.2 Å². The van der Waals surface area contributed by atoms with E-state index in [-0.39, 0.29) is 0 Å². The molecule has 1 heterocycles. The number of ether oxygens (including phenoxy) is 1. The van der Waals surface area contributed by atoms with E-state index < -0.39 is 5.91 Å². The number of pyridine rings is 1. The number of aryl methyl sites for hydroxylation is 2. The zero-order valence-corrected chi connectivity index (χ0v) is 13.0. The minimum atomic E-state index is -0.513. The fraction of sp³-hybridized carbons (Fsp3) is 0.250. The number of amides is 1. The number of aromatic nitrogens is 1. The minimum absolute atomic E-state index is 0.293. The van der Waals surface area contributed by atoms with E-state index in [1.54, 1.807) is 0 Å². The predicted molar refractivity (Wildman–Crippen MR) is 83.6 cm³/mol. The van der Waals surface area contributed by atoms with Crippen LogP contribution in [0, 0.1) is 0 Å². The summed E-state index contributed by atoms with van der Waals surface area (Å²) in [6, 6.07) is 9.24. The highest BCUT2D eigenvalue weighted by atomic mass is 79.9. The maximum atomic E-state index is 11.7. The Balaban J connectivity index is 2.01. The molecule has 2 aromatic rings. The number of carbonyl (C=O) groups is 1. The number of hydrogen-bond donors (Lipinski definition) is 1. The van der Waals surface area contributed by atoms with E-state index in [2.05, 4.69) is 20.9 Å². The summed E-state index contributed by atoms with van der Waals surface area (Å²) in [6.07, 6.45) is 4.11. The fourth-order valence-electron chi connectivity index (χ4n) is 2.51. The molecule has 0 unspecified atom stereocenters. The van der Waals surface area contributed by atoms with E-state index in [9.17, 15) is 4.79 Å². The van der Waals surface area contributed by atoms with Gasteiger partial charge in [0.15, 0.2) is 0 Å². The van der Waals surface area contributed by atoms with Crippen molar-refractivity contribution in [2.75, 3.05) is 0 Å². The quantitative estimate of drug-likeness (QED) is 0.922. The second-order valence-corrected chi connectivity index (χ2v) is 5.99. The highest BCUT2D eigenvalue weighted by Crippen LogP contribution is 2.29. The van der Waals surface area contributed by atoms with E-state index in [4.69, 9.17) is 10.5 Å². The third-order valence-electron chi connectivity index (χ3n) is 3.54. The minimum Gasteiger partial charge on any atom is -0.438 e. The lowest BCUT2D eigenvalue weighted by molar-refractivity contribution is 0.0997. The topological polar surface area (TPSA) is 65.2 Å². The Kier molecular flexibility index (Phi) is 3.92. The lowest BCUT2D eigenvalue weighted by atomic mass is 9.95. The molecule has 108 valence electrons. The van der Waals surface area contributed by atoms with Crippen LogP contribution in [-0.2, 0) is 12.8 Å². The largest absolute Gasteiger partial charge is 0.438 e. The molecule has 1 aliphatic rings. The molecule has 2 N–H and O–H groups in total. The number of nitrogens with two attached hydrogens (primary N) is 1. The van der Waals surface area contributed by atoms with Gasteiger partial charge in [0.25, 0.3) is 5.91 Å². The molecule has 0 saturated heterocycles. The zero-order chi connectivity index (χ0) is 14.8. The van der Waals surface area contributed by atoms with Gasteiger partial charge in [0.1, 0.15) is 11.3 Å². The molecule has 0 bridgehead atoms. The van der Waals surface area contributed by atoms with Gasteiger partial charge in [0.05, 0.1) is 0 Å². The molecule has 3 rings (SSSR count). The Labute approximate surface area is 131 Å². The Morgan fingerprint density at radius 1 is 1.24 bits per heavy atom.